The maximum Gasteiger partial charge on any atom is 0.510 e. The largest absolute Gasteiger partial charge is 0.510 e. The van der Waals surface area contributed by atoms with Gasteiger partial charge in [0.2, 0.25) is 0 Å². The number of ether oxygens (including phenoxy) is 1. The van der Waals surface area contributed by atoms with Gasteiger partial charge in [-0.3, -0.25) is 4.79 Å². The average Bonchev–Trinajstić information content (AvgIpc) is 2.15. The minimum absolute atomic E-state index is 0.174. The zero-order valence-corrected chi connectivity index (χ0v) is 7.34. The van der Waals surface area contributed by atoms with Crippen molar-refractivity contribution < 1.29 is 22.5 Å². The van der Waals surface area contributed by atoms with Crippen LogP contribution >= 0.6 is 0 Å². The highest BCUT2D eigenvalue weighted by atomic mass is 19.4. The van der Waals surface area contributed by atoms with Crippen LogP contribution in [0.3, 0.4) is 0 Å². The van der Waals surface area contributed by atoms with E-state index in [-0.39, 0.29) is 12.0 Å². The van der Waals surface area contributed by atoms with Crippen LogP contribution in [-0.4, -0.2) is 20.4 Å². The molecule has 0 unspecified atom stereocenters. The summed E-state index contributed by atoms with van der Waals surface area (Å²) in [6.07, 6.45) is 0.174. The minimum atomic E-state index is -5.15. The summed E-state index contributed by atoms with van der Waals surface area (Å²) in [5.41, 5.74) is -1.28. The van der Waals surface area contributed by atoms with Crippen molar-refractivity contribution in [2.75, 3.05) is 7.11 Å². The minimum Gasteiger partial charge on any atom is -0.497 e. The lowest BCUT2D eigenvalue weighted by molar-refractivity contribution is 0.112. The van der Waals surface area contributed by atoms with E-state index in [0.29, 0.717) is 0 Å². The third-order valence-electron chi connectivity index (χ3n) is 1.77. The molecule has 1 aromatic carbocycles. The quantitative estimate of drug-likeness (QED) is 0.550. The summed E-state index contributed by atoms with van der Waals surface area (Å²) in [4.78, 5) is 10.4. The number of halogens is 3. The van der Waals surface area contributed by atoms with E-state index in [0.717, 1.165) is 12.1 Å². The van der Waals surface area contributed by atoms with Crippen molar-refractivity contribution in [2.24, 2.45) is 0 Å². The molecule has 0 saturated heterocycles. The van der Waals surface area contributed by atoms with Crippen LogP contribution in [0.2, 0.25) is 0 Å². The molecule has 14 heavy (non-hydrogen) atoms. The molecule has 0 amide bonds. The molecule has 0 fully saturated rings. The fourth-order valence-corrected chi connectivity index (χ4v) is 1.08. The normalized spacial score (nSPS) is 11.1. The summed E-state index contributed by atoms with van der Waals surface area (Å²) in [7, 11) is 1.32. The monoisotopic (exact) mass is 203 g/mol. The highest BCUT2D eigenvalue weighted by Gasteiger charge is 2.28. The van der Waals surface area contributed by atoms with E-state index in [9.17, 15) is 17.7 Å². The predicted molar refractivity (Wildman–Crippen MR) is 47.1 cm³/mol. The van der Waals surface area contributed by atoms with Crippen molar-refractivity contribution in [1.29, 1.82) is 0 Å². The van der Waals surface area contributed by atoms with E-state index in [1.54, 1.807) is 0 Å². The average molecular weight is 203 g/mol. The van der Waals surface area contributed by atoms with Crippen molar-refractivity contribution in [3.05, 3.63) is 23.8 Å². The molecule has 1 rings (SSSR count). The lowest BCUT2D eigenvalue weighted by atomic mass is 9.77. The molecular weight excluding hydrogens is 196 g/mol. The van der Waals surface area contributed by atoms with Gasteiger partial charge in [-0.05, 0) is 17.7 Å². The Labute approximate surface area is 78.7 Å². The lowest BCUT2D eigenvalue weighted by Crippen LogP contribution is -2.36. The summed E-state index contributed by atoms with van der Waals surface area (Å²) in [6.45, 7) is -5.15. The van der Waals surface area contributed by atoms with Crippen LogP contribution in [0, 0.1) is 0 Å². The summed E-state index contributed by atoms with van der Waals surface area (Å²) in [5.74, 6) is 0.232. The molecular formula is C8H7BF3O2-. The fourth-order valence-electron chi connectivity index (χ4n) is 1.08. The molecule has 0 saturated carbocycles. The predicted octanol–water partition coefficient (Wildman–Crippen LogP) is 1.56. The molecule has 0 aliphatic rings. The molecule has 0 aliphatic heterocycles. The van der Waals surface area contributed by atoms with Crippen LogP contribution in [-0.2, 0) is 0 Å². The van der Waals surface area contributed by atoms with E-state index in [2.05, 4.69) is 0 Å². The Bertz CT molecular complexity index is 349. The van der Waals surface area contributed by atoms with Gasteiger partial charge in [0.25, 0.3) is 0 Å². The zero-order chi connectivity index (χ0) is 10.8. The van der Waals surface area contributed by atoms with Gasteiger partial charge in [-0.1, -0.05) is 11.5 Å². The number of rotatable bonds is 3. The van der Waals surface area contributed by atoms with Crippen molar-refractivity contribution >= 4 is 18.7 Å². The third-order valence-corrected chi connectivity index (χ3v) is 1.77. The Morgan fingerprint density at radius 1 is 1.36 bits per heavy atom. The van der Waals surface area contributed by atoms with Crippen molar-refractivity contribution in [3.63, 3.8) is 0 Å². The van der Waals surface area contributed by atoms with Gasteiger partial charge in [-0.2, -0.15) is 0 Å². The van der Waals surface area contributed by atoms with E-state index in [1.807, 2.05) is 0 Å². The molecule has 0 atom stereocenters. The van der Waals surface area contributed by atoms with E-state index in [1.165, 1.54) is 13.2 Å². The van der Waals surface area contributed by atoms with Gasteiger partial charge < -0.3 is 17.7 Å². The summed E-state index contributed by atoms with van der Waals surface area (Å²) in [5, 5.41) is 0. The molecule has 0 spiro atoms. The topological polar surface area (TPSA) is 26.3 Å². The van der Waals surface area contributed by atoms with Crippen molar-refractivity contribution in [2.45, 2.75) is 0 Å². The third kappa shape index (κ3) is 2.07. The van der Waals surface area contributed by atoms with Crippen LogP contribution in [0.4, 0.5) is 12.9 Å². The first kappa shape index (κ1) is 10.6. The Morgan fingerprint density at radius 2 is 2.00 bits per heavy atom. The molecule has 0 aromatic heterocycles. The van der Waals surface area contributed by atoms with E-state index in [4.69, 9.17) is 4.74 Å². The van der Waals surface area contributed by atoms with Gasteiger partial charge in [-0.25, -0.2) is 0 Å². The SMILES string of the molecule is COc1ccc([B-](F)(F)F)c(C=O)c1. The number of benzene rings is 1. The number of hydrogen-bond donors (Lipinski definition) is 0. The van der Waals surface area contributed by atoms with Crippen molar-refractivity contribution in [3.8, 4) is 5.75 Å². The Balaban J connectivity index is 3.25. The standard InChI is InChI=1S/C8H7BF3O2/c1-14-7-2-3-8(9(10,11)12)6(4-7)5-13/h2-5H,1H3/q-1. The van der Waals surface area contributed by atoms with Crippen molar-refractivity contribution in [1.82, 2.24) is 0 Å². The first-order valence-corrected chi connectivity index (χ1v) is 3.82. The van der Waals surface area contributed by atoms with Crippen LogP contribution < -0.4 is 10.2 Å². The van der Waals surface area contributed by atoms with E-state index >= 15 is 0 Å². The molecule has 0 aliphatic carbocycles. The second-order valence-corrected chi connectivity index (χ2v) is 2.69. The smallest absolute Gasteiger partial charge is 0.497 e. The fraction of sp³-hybridized carbons (Fsp3) is 0.125. The highest BCUT2D eigenvalue weighted by molar-refractivity contribution is 6.74. The van der Waals surface area contributed by atoms with Crippen LogP contribution in [0.15, 0.2) is 18.2 Å². The molecule has 1 aromatic rings. The Kier molecular flexibility index (Phi) is 2.83. The second-order valence-electron chi connectivity index (χ2n) is 2.69. The van der Waals surface area contributed by atoms with Gasteiger partial charge in [-0.15, -0.1) is 0 Å². The number of carbonyl (C=O) groups is 1. The Hall–Kier alpha value is -1.46. The van der Waals surface area contributed by atoms with Crippen LogP contribution in [0.25, 0.3) is 0 Å². The van der Waals surface area contributed by atoms with E-state index < -0.39 is 18.0 Å². The van der Waals surface area contributed by atoms with Gasteiger partial charge in [0, 0.05) is 0 Å². The number of carbonyl (C=O) groups excluding carboxylic acids is 1. The lowest BCUT2D eigenvalue weighted by Gasteiger charge is -2.17. The highest BCUT2D eigenvalue weighted by Crippen LogP contribution is 2.16. The van der Waals surface area contributed by atoms with Gasteiger partial charge >= 0.3 is 6.98 Å². The molecule has 0 radical (unpaired) electrons. The van der Waals surface area contributed by atoms with Gasteiger partial charge in [0.1, 0.15) is 12.0 Å². The molecule has 2 nitrogen and oxygen atoms in total. The maximum absolute atomic E-state index is 12.3. The summed E-state index contributed by atoms with van der Waals surface area (Å²) in [6, 6.07) is 3.09. The maximum atomic E-state index is 12.3. The summed E-state index contributed by atoms with van der Waals surface area (Å²) >= 11 is 0. The summed E-state index contributed by atoms with van der Waals surface area (Å²) < 4.78 is 41.7. The molecule has 0 N–H and O–H groups in total. The first-order chi connectivity index (χ1) is 6.49. The number of hydrogen-bond acceptors (Lipinski definition) is 2. The molecule has 0 heterocycles. The van der Waals surface area contributed by atoms with Gasteiger partial charge in [0.15, 0.2) is 0 Å². The first-order valence-electron chi connectivity index (χ1n) is 3.82. The zero-order valence-electron chi connectivity index (χ0n) is 7.34. The van der Waals surface area contributed by atoms with Gasteiger partial charge in [0.05, 0.1) is 7.11 Å². The number of methoxy groups -OCH3 is 1. The van der Waals surface area contributed by atoms with Crippen LogP contribution in [0.5, 0.6) is 5.75 Å². The molecule has 6 heteroatoms. The Morgan fingerprint density at radius 3 is 2.43 bits per heavy atom. The molecule has 76 valence electrons. The second kappa shape index (κ2) is 3.73. The number of aldehydes is 1. The van der Waals surface area contributed by atoms with Crippen LogP contribution in [0.1, 0.15) is 10.4 Å². The molecule has 0 bridgehead atoms.